The summed E-state index contributed by atoms with van der Waals surface area (Å²) in [6.45, 7) is 3.63. The molecule has 3 atom stereocenters. The number of allylic oxidation sites excluding steroid dienone is 13. The summed E-state index contributed by atoms with van der Waals surface area (Å²) in [5, 5.41) is 13.4. The van der Waals surface area contributed by atoms with Crippen molar-refractivity contribution in [2.75, 3.05) is 19.8 Å². The minimum absolute atomic E-state index is 0.0560. The molecular weight excluding hydrogens is 539 g/mol. The van der Waals surface area contributed by atoms with Crippen molar-refractivity contribution in [1.82, 2.24) is 5.32 Å². The summed E-state index contributed by atoms with van der Waals surface area (Å²) in [6.07, 6.45) is 35.3. The van der Waals surface area contributed by atoms with Crippen molar-refractivity contribution in [1.29, 1.82) is 0 Å². The number of nitrogens with two attached hydrogens (primary N) is 1. The number of carbonyl (C=O) groups is 1. The van der Waals surface area contributed by atoms with Crippen molar-refractivity contribution in [3.8, 4) is 0 Å². The number of aliphatic hydroxyl groups excluding tert-OH is 1. The van der Waals surface area contributed by atoms with Gasteiger partial charge in [0.05, 0.1) is 25.4 Å². The fraction of sp³-hybridized carbons (Fsp3) is 0.531. The summed E-state index contributed by atoms with van der Waals surface area (Å²) in [6, 6.07) is -0.922. The summed E-state index contributed by atoms with van der Waals surface area (Å²) in [4.78, 5) is 22.3. The third kappa shape index (κ3) is 26.3. The molecule has 1 amide bonds. The van der Waals surface area contributed by atoms with Gasteiger partial charge in [0.15, 0.2) is 0 Å². The number of hydrogen-bond donors (Lipinski definition) is 4. The number of carbonyl (C=O) groups excluding carboxylic acids is 1. The Kier molecular flexibility index (Phi) is 26.3. The Morgan fingerprint density at radius 3 is 1.95 bits per heavy atom. The van der Waals surface area contributed by atoms with Crippen molar-refractivity contribution in [3.05, 3.63) is 85.1 Å². The van der Waals surface area contributed by atoms with Gasteiger partial charge in [-0.15, -0.1) is 0 Å². The Bertz CT molecular complexity index is 908. The summed E-state index contributed by atoms with van der Waals surface area (Å²) < 4.78 is 21.8. The highest BCUT2D eigenvalue weighted by Gasteiger charge is 2.26. The third-order valence-corrected chi connectivity index (χ3v) is 6.52. The van der Waals surface area contributed by atoms with Gasteiger partial charge >= 0.3 is 7.82 Å². The fourth-order valence-electron chi connectivity index (χ4n) is 3.35. The van der Waals surface area contributed by atoms with Crippen LogP contribution < -0.4 is 11.1 Å². The fourth-order valence-corrected chi connectivity index (χ4v) is 4.11. The van der Waals surface area contributed by atoms with Gasteiger partial charge in [-0.3, -0.25) is 13.8 Å². The summed E-state index contributed by atoms with van der Waals surface area (Å²) >= 11 is 0. The maximum Gasteiger partial charge on any atom is 0.472 e. The van der Waals surface area contributed by atoms with Crippen LogP contribution in [-0.2, 0) is 18.4 Å². The van der Waals surface area contributed by atoms with Crippen molar-refractivity contribution in [3.63, 3.8) is 0 Å². The molecule has 0 aliphatic carbocycles. The predicted molar refractivity (Wildman–Crippen MR) is 170 cm³/mol. The lowest BCUT2D eigenvalue weighted by atomic mass is 10.1. The number of unbranched alkanes of at least 4 members (excludes halogenated alkanes) is 2. The van der Waals surface area contributed by atoms with Crippen LogP contribution in [0.1, 0.15) is 78.1 Å². The zero-order valence-electron chi connectivity index (χ0n) is 25.0. The van der Waals surface area contributed by atoms with Crippen molar-refractivity contribution < 1.29 is 28.4 Å². The Balaban J connectivity index is 4.68. The number of aliphatic hydroxyl groups is 1. The van der Waals surface area contributed by atoms with E-state index in [2.05, 4.69) is 66.9 Å². The Labute approximate surface area is 248 Å². The topological polar surface area (TPSA) is 131 Å². The van der Waals surface area contributed by atoms with E-state index in [1.165, 1.54) is 0 Å². The summed E-state index contributed by atoms with van der Waals surface area (Å²) in [5.74, 6) is -0.298. The van der Waals surface area contributed by atoms with E-state index in [9.17, 15) is 19.4 Å². The average molecular weight is 593 g/mol. The molecule has 0 aromatic heterocycles. The highest BCUT2D eigenvalue weighted by Crippen LogP contribution is 2.43. The van der Waals surface area contributed by atoms with Crippen LogP contribution in [0.2, 0.25) is 0 Å². The molecule has 0 bridgehead atoms. The van der Waals surface area contributed by atoms with E-state index < -0.39 is 26.6 Å². The molecule has 9 heteroatoms. The Hall–Kier alpha value is -2.32. The molecule has 0 aliphatic heterocycles. The van der Waals surface area contributed by atoms with Gasteiger partial charge in [0.25, 0.3) is 0 Å². The molecule has 232 valence electrons. The first-order valence-electron chi connectivity index (χ1n) is 14.7. The quantitative estimate of drug-likeness (QED) is 0.0523. The molecule has 0 fully saturated rings. The van der Waals surface area contributed by atoms with Gasteiger partial charge in [-0.2, -0.15) is 0 Å². The van der Waals surface area contributed by atoms with E-state index in [4.69, 9.17) is 14.8 Å². The number of hydrogen-bond acceptors (Lipinski definition) is 6. The predicted octanol–water partition coefficient (Wildman–Crippen LogP) is 6.76. The van der Waals surface area contributed by atoms with Crippen LogP contribution >= 0.6 is 7.82 Å². The maximum atomic E-state index is 12.5. The molecule has 8 nitrogen and oxygen atoms in total. The molecule has 0 saturated carbocycles. The molecular formula is C32H53N2O6P. The van der Waals surface area contributed by atoms with Crippen molar-refractivity contribution >= 4 is 13.7 Å². The monoisotopic (exact) mass is 592 g/mol. The van der Waals surface area contributed by atoms with Crippen molar-refractivity contribution in [2.24, 2.45) is 5.73 Å². The Morgan fingerprint density at radius 2 is 1.37 bits per heavy atom. The maximum absolute atomic E-state index is 12.5. The average Bonchev–Trinajstić information content (AvgIpc) is 2.95. The van der Waals surface area contributed by atoms with Crippen LogP contribution in [0.25, 0.3) is 0 Å². The molecule has 0 aromatic carbocycles. The van der Waals surface area contributed by atoms with E-state index >= 15 is 0 Å². The summed E-state index contributed by atoms with van der Waals surface area (Å²) in [7, 11) is -4.35. The van der Waals surface area contributed by atoms with Gasteiger partial charge in [-0.05, 0) is 64.7 Å². The number of rotatable bonds is 25. The van der Waals surface area contributed by atoms with Crippen LogP contribution in [0.15, 0.2) is 85.1 Å². The van der Waals surface area contributed by atoms with Gasteiger partial charge in [0.1, 0.15) is 0 Å². The van der Waals surface area contributed by atoms with E-state index in [0.29, 0.717) is 12.8 Å². The molecule has 0 saturated heterocycles. The van der Waals surface area contributed by atoms with Gasteiger partial charge in [-0.25, -0.2) is 4.57 Å². The molecule has 0 aromatic rings. The van der Waals surface area contributed by atoms with Gasteiger partial charge in [-0.1, -0.05) is 92.0 Å². The third-order valence-electron chi connectivity index (χ3n) is 5.54. The normalized spacial score (nSPS) is 15.9. The SMILES string of the molecule is C/C=C/CC/C=C/CC/C=C/C(O)C(COP(=O)(O)OCCN)NC(=O)CC/C=C\C/C=C\C/C=C\C/C=C\CC. The molecule has 3 unspecified atom stereocenters. The molecule has 41 heavy (non-hydrogen) atoms. The molecule has 0 aliphatic rings. The molecule has 0 heterocycles. The van der Waals surface area contributed by atoms with Crippen LogP contribution in [-0.4, -0.2) is 47.8 Å². The number of amides is 1. The first kappa shape index (κ1) is 38.7. The molecule has 0 radical (unpaired) electrons. The zero-order valence-corrected chi connectivity index (χ0v) is 25.9. The number of phosphoric acid groups is 1. The second-order valence-electron chi connectivity index (χ2n) is 9.21. The van der Waals surface area contributed by atoms with Crippen molar-refractivity contribution in [2.45, 2.75) is 90.2 Å². The Morgan fingerprint density at radius 1 is 0.829 bits per heavy atom. The first-order chi connectivity index (χ1) is 19.9. The number of phosphoric ester groups is 1. The van der Waals surface area contributed by atoms with Gasteiger partial charge in [0, 0.05) is 13.0 Å². The largest absolute Gasteiger partial charge is 0.472 e. The first-order valence-corrected chi connectivity index (χ1v) is 16.2. The highest BCUT2D eigenvalue weighted by molar-refractivity contribution is 7.47. The lowest BCUT2D eigenvalue weighted by molar-refractivity contribution is -0.122. The van der Waals surface area contributed by atoms with Gasteiger partial charge in [0.2, 0.25) is 5.91 Å². The highest BCUT2D eigenvalue weighted by atomic mass is 31.2. The van der Waals surface area contributed by atoms with Crippen LogP contribution in [0.3, 0.4) is 0 Å². The smallest absolute Gasteiger partial charge is 0.387 e. The van der Waals surface area contributed by atoms with Gasteiger partial charge < -0.3 is 21.1 Å². The standard InChI is InChI=1S/C32H53N2O6P/c1-3-5-7-9-11-13-14-15-16-18-20-22-24-26-32(36)34-30(29-40-41(37,38)39-28-27-33)31(35)25-23-21-19-17-12-10-8-6-4-2/h4-7,11-13,15-17,20,22-23,25,30-31,35H,3,8-10,14,18-19,21,24,26-29,33H2,1-2H3,(H,34,36)(H,37,38)/b6-4+,7-5-,13-11-,16-15-,17-12+,22-20-,25-23+. The lowest BCUT2D eigenvalue weighted by Gasteiger charge is -2.23. The molecule has 0 rings (SSSR count). The van der Waals surface area contributed by atoms with E-state index in [-0.39, 0.29) is 25.5 Å². The van der Waals surface area contributed by atoms with E-state index in [0.717, 1.165) is 44.9 Å². The lowest BCUT2D eigenvalue weighted by Crippen LogP contribution is -2.45. The minimum atomic E-state index is -4.35. The minimum Gasteiger partial charge on any atom is -0.387 e. The number of nitrogens with one attached hydrogen (secondary N) is 1. The second kappa shape index (κ2) is 27.8. The second-order valence-corrected chi connectivity index (χ2v) is 10.7. The van der Waals surface area contributed by atoms with E-state index in [1.807, 2.05) is 31.2 Å². The summed E-state index contributed by atoms with van der Waals surface area (Å²) in [5.41, 5.74) is 5.31. The molecule has 5 N–H and O–H groups in total. The molecule has 0 spiro atoms. The van der Waals surface area contributed by atoms with Crippen LogP contribution in [0.4, 0.5) is 0 Å². The van der Waals surface area contributed by atoms with Crippen LogP contribution in [0, 0.1) is 0 Å². The zero-order chi connectivity index (χ0) is 30.4. The van der Waals surface area contributed by atoms with Crippen LogP contribution in [0.5, 0.6) is 0 Å². The van der Waals surface area contributed by atoms with E-state index in [1.54, 1.807) is 6.08 Å².